The van der Waals surface area contributed by atoms with E-state index in [4.69, 9.17) is 0 Å². The van der Waals surface area contributed by atoms with Crippen LogP contribution in [0, 0.1) is 11.8 Å². The van der Waals surface area contributed by atoms with Crippen molar-refractivity contribution in [3.63, 3.8) is 0 Å². The largest absolute Gasteiger partial charge is 0.316 e. The van der Waals surface area contributed by atoms with Crippen molar-refractivity contribution in [1.29, 1.82) is 0 Å². The van der Waals surface area contributed by atoms with Gasteiger partial charge in [-0.3, -0.25) is 4.98 Å². The molecule has 0 aliphatic heterocycles. The van der Waals surface area contributed by atoms with E-state index in [0.717, 1.165) is 18.3 Å². The second-order valence-electron chi connectivity index (χ2n) is 5.64. The van der Waals surface area contributed by atoms with E-state index in [1.54, 1.807) is 11.3 Å². The molecule has 1 N–H and O–H groups in total. The number of nitrogens with one attached hydrogen (secondary N) is 1. The predicted octanol–water partition coefficient (Wildman–Crippen LogP) is 3.88. The third kappa shape index (κ3) is 3.79. The highest BCUT2D eigenvalue weighted by molar-refractivity contribution is 7.09. The van der Waals surface area contributed by atoms with Crippen LogP contribution in [-0.2, 0) is 6.42 Å². The lowest BCUT2D eigenvalue weighted by Crippen LogP contribution is -2.37. The zero-order chi connectivity index (χ0) is 12.8. The van der Waals surface area contributed by atoms with Gasteiger partial charge in [-0.25, -0.2) is 0 Å². The quantitative estimate of drug-likeness (QED) is 0.845. The average Bonchev–Trinajstić information content (AvgIpc) is 2.90. The molecule has 1 aromatic heterocycles. The summed E-state index contributed by atoms with van der Waals surface area (Å²) in [5.41, 5.74) is 1.94. The lowest BCUT2D eigenvalue weighted by atomic mass is 9.76. The number of likely N-dealkylation sites (N-methyl/N-ethyl adjacent to an activating group) is 1. The number of hydrogen-bond donors (Lipinski definition) is 1. The maximum Gasteiger partial charge on any atom is 0.0794 e. The molecular weight excluding hydrogens is 240 g/mol. The summed E-state index contributed by atoms with van der Waals surface area (Å²) in [6.07, 6.45) is 11.7. The van der Waals surface area contributed by atoms with E-state index in [1.807, 2.05) is 11.7 Å². The summed E-state index contributed by atoms with van der Waals surface area (Å²) < 4.78 is 0. The van der Waals surface area contributed by atoms with Crippen molar-refractivity contribution >= 4 is 11.3 Å². The molecule has 2 rings (SSSR count). The molecule has 1 saturated carbocycles. The Balaban J connectivity index is 1.82. The lowest BCUT2D eigenvalue weighted by Gasteiger charge is -2.33. The molecule has 1 fully saturated rings. The van der Waals surface area contributed by atoms with Crippen LogP contribution < -0.4 is 5.32 Å². The summed E-state index contributed by atoms with van der Waals surface area (Å²) in [5.74, 6) is 1.87. The SMILES string of the molecule is CCCC1CCC(C(Cc2cncs2)NC)CC1. The van der Waals surface area contributed by atoms with Gasteiger partial charge < -0.3 is 5.32 Å². The monoisotopic (exact) mass is 266 g/mol. The summed E-state index contributed by atoms with van der Waals surface area (Å²) in [4.78, 5) is 5.60. The molecule has 1 aliphatic carbocycles. The minimum absolute atomic E-state index is 0.646. The zero-order valence-electron chi connectivity index (χ0n) is 11.7. The highest BCUT2D eigenvalue weighted by atomic mass is 32.1. The molecule has 102 valence electrons. The molecule has 1 unspecified atom stereocenters. The standard InChI is InChI=1S/C15H26N2S/c1-3-4-12-5-7-13(8-6-12)15(16-2)9-14-10-17-11-18-14/h10-13,15-16H,3-9H2,1-2H3. The Morgan fingerprint density at radius 2 is 2.17 bits per heavy atom. The average molecular weight is 266 g/mol. The number of thiazole rings is 1. The summed E-state index contributed by atoms with van der Waals surface area (Å²) in [6, 6.07) is 0.646. The van der Waals surface area contributed by atoms with Gasteiger partial charge in [0.05, 0.1) is 5.51 Å². The molecular formula is C15H26N2S. The van der Waals surface area contributed by atoms with Crippen LogP contribution >= 0.6 is 11.3 Å². The van der Waals surface area contributed by atoms with E-state index < -0.39 is 0 Å². The first-order chi connectivity index (χ1) is 8.83. The molecule has 1 aromatic rings. The van der Waals surface area contributed by atoms with E-state index in [9.17, 15) is 0 Å². The molecule has 3 heteroatoms. The summed E-state index contributed by atoms with van der Waals surface area (Å²) in [6.45, 7) is 2.31. The molecule has 0 amide bonds. The van der Waals surface area contributed by atoms with E-state index in [-0.39, 0.29) is 0 Å². The highest BCUT2D eigenvalue weighted by Crippen LogP contribution is 2.34. The third-order valence-corrected chi connectivity index (χ3v) is 5.23. The maximum atomic E-state index is 4.18. The van der Waals surface area contributed by atoms with Gasteiger partial charge in [0.2, 0.25) is 0 Å². The Bertz CT molecular complexity index is 315. The molecule has 1 heterocycles. The van der Waals surface area contributed by atoms with Gasteiger partial charge in [0, 0.05) is 17.1 Å². The van der Waals surface area contributed by atoms with E-state index in [2.05, 4.69) is 24.3 Å². The Labute approximate surface area is 115 Å². The number of hydrogen-bond acceptors (Lipinski definition) is 3. The van der Waals surface area contributed by atoms with Gasteiger partial charge in [-0.1, -0.05) is 32.6 Å². The van der Waals surface area contributed by atoms with Crippen LogP contribution in [-0.4, -0.2) is 18.1 Å². The van der Waals surface area contributed by atoms with Crippen molar-refractivity contribution in [2.45, 2.75) is 57.9 Å². The molecule has 0 radical (unpaired) electrons. The molecule has 18 heavy (non-hydrogen) atoms. The Kier molecular flexibility index (Phi) is 5.64. The van der Waals surface area contributed by atoms with Crippen molar-refractivity contribution in [2.24, 2.45) is 11.8 Å². The fraction of sp³-hybridized carbons (Fsp3) is 0.800. The van der Waals surface area contributed by atoms with Crippen LogP contribution in [0.2, 0.25) is 0 Å². The molecule has 0 spiro atoms. The Hall–Kier alpha value is -0.410. The van der Waals surface area contributed by atoms with Gasteiger partial charge in [0.1, 0.15) is 0 Å². The molecule has 0 saturated heterocycles. The number of aromatic nitrogens is 1. The van der Waals surface area contributed by atoms with E-state index >= 15 is 0 Å². The van der Waals surface area contributed by atoms with Crippen LogP contribution in [0.3, 0.4) is 0 Å². The minimum Gasteiger partial charge on any atom is -0.316 e. The highest BCUT2D eigenvalue weighted by Gasteiger charge is 2.26. The van der Waals surface area contributed by atoms with Crippen LogP contribution in [0.5, 0.6) is 0 Å². The first-order valence-electron chi connectivity index (χ1n) is 7.38. The molecule has 0 aromatic carbocycles. The maximum absolute atomic E-state index is 4.18. The first kappa shape index (κ1) is 14.0. The van der Waals surface area contributed by atoms with Gasteiger partial charge in [0.15, 0.2) is 0 Å². The van der Waals surface area contributed by atoms with Crippen LogP contribution in [0.4, 0.5) is 0 Å². The summed E-state index contributed by atoms with van der Waals surface area (Å²) in [5, 5.41) is 3.54. The summed E-state index contributed by atoms with van der Waals surface area (Å²) in [7, 11) is 2.11. The van der Waals surface area contributed by atoms with Gasteiger partial charge in [-0.15, -0.1) is 11.3 Å². The van der Waals surface area contributed by atoms with Crippen LogP contribution in [0.15, 0.2) is 11.7 Å². The van der Waals surface area contributed by atoms with Crippen LogP contribution in [0.1, 0.15) is 50.3 Å². The van der Waals surface area contributed by atoms with E-state index in [0.29, 0.717) is 6.04 Å². The van der Waals surface area contributed by atoms with Gasteiger partial charge in [-0.05, 0) is 38.1 Å². The molecule has 1 atom stereocenters. The predicted molar refractivity (Wildman–Crippen MR) is 79.0 cm³/mol. The van der Waals surface area contributed by atoms with Crippen molar-refractivity contribution in [3.05, 3.63) is 16.6 Å². The number of nitrogens with zero attached hydrogens (tertiary/aromatic N) is 1. The van der Waals surface area contributed by atoms with Crippen molar-refractivity contribution in [1.82, 2.24) is 10.3 Å². The molecule has 1 aliphatic rings. The van der Waals surface area contributed by atoms with Gasteiger partial charge >= 0.3 is 0 Å². The zero-order valence-corrected chi connectivity index (χ0v) is 12.5. The Morgan fingerprint density at radius 3 is 2.72 bits per heavy atom. The van der Waals surface area contributed by atoms with Crippen molar-refractivity contribution < 1.29 is 0 Å². The topological polar surface area (TPSA) is 24.9 Å². The lowest BCUT2D eigenvalue weighted by molar-refractivity contribution is 0.218. The van der Waals surface area contributed by atoms with Gasteiger partial charge in [-0.2, -0.15) is 0 Å². The summed E-state index contributed by atoms with van der Waals surface area (Å²) >= 11 is 1.79. The molecule has 2 nitrogen and oxygen atoms in total. The normalized spacial score (nSPS) is 26.1. The smallest absolute Gasteiger partial charge is 0.0794 e. The van der Waals surface area contributed by atoms with E-state index in [1.165, 1.54) is 43.4 Å². The minimum atomic E-state index is 0.646. The molecule has 0 bridgehead atoms. The first-order valence-corrected chi connectivity index (χ1v) is 8.26. The fourth-order valence-corrected chi connectivity index (χ4v) is 4.01. The Morgan fingerprint density at radius 1 is 1.39 bits per heavy atom. The second-order valence-corrected chi connectivity index (χ2v) is 6.61. The van der Waals surface area contributed by atoms with Crippen LogP contribution in [0.25, 0.3) is 0 Å². The van der Waals surface area contributed by atoms with Gasteiger partial charge in [0.25, 0.3) is 0 Å². The van der Waals surface area contributed by atoms with Crippen molar-refractivity contribution in [3.8, 4) is 0 Å². The number of rotatable bonds is 6. The fourth-order valence-electron chi connectivity index (χ4n) is 3.35. The van der Waals surface area contributed by atoms with Crippen molar-refractivity contribution in [2.75, 3.05) is 7.05 Å². The second kappa shape index (κ2) is 7.25. The third-order valence-electron chi connectivity index (χ3n) is 4.43.